The summed E-state index contributed by atoms with van der Waals surface area (Å²) in [6, 6.07) is 7.36. The number of primary amides is 1. The van der Waals surface area contributed by atoms with Crippen molar-refractivity contribution >= 4 is 29.4 Å². The third-order valence-electron chi connectivity index (χ3n) is 6.20. The summed E-state index contributed by atoms with van der Waals surface area (Å²) in [5.74, 6) is -1.45. The number of hydrogen-bond donors (Lipinski definition) is 2. The lowest BCUT2D eigenvalue weighted by molar-refractivity contribution is -0.128. The molecule has 35 heavy (non-hydrogen) atoms. The SMILES string of the molecule is N#C[C@H]1CN(C(=O)OCCN2CCCC2=O)CC[C@@H]1n1cc(C(N)=O)c(Nc2ccc(F)cc2)n1. The Hall–Kier alpha value is -4.14. The molecule has 0 aliphatic carbocycles. The van der Waals surface area contributed by atoms with Gasteiger partial charge in [0.1, 0.15) is 18.0 Å². The number of carbonyl (C=O) groups excluding carboxylic acids is 3. The number of rotatable bonds is 7. The molecule has 2 aliphatic heterocycles. The molecule has 1 aromatic carbocycles. The van der Waals surface area contributed by atoms with Gasteiger partial charge in [0.05, 0.1) is 24.6 Å². The van der Waals surface area contributed by atoms with Gasteiger partial charge in [0.25, 0.3) is 5.91 Å². The second-order valence-corrected chi connectivity index (χ2v) is 8.50. The number of piperidine rings is 1. The van der Waals surface area contributed by atoms with Crippen LogP contribution in [0, 0.1) is 23.1 Å². The van der Waals surface area contributed by atoms with E-state index in [-0.39, 0.29) is 30.4 Å². The standard InChI is InChI=1S/C23H26FN7O4/c24-16-3-5-17(6-4-16)27-22-18(21(26)33)14-31(28-22)19-7-9-30(13-15(19)12-25)23(34)35-11-10-29-8-1-2-20(29)32/h3-6,14-15,19H,1-2,7-11,13H2,(H2,26,33)(H,27,28)/t15-,19-/m0/s1. The second-order valence-electron chi connectivity index (χ2n) is 8.50. The topological polar surface area (TPSA) is 147 Å². The molecule has 184 valence electrons. The number of nitrogens with one attached hydrogen (secondary N) is 1. The zero-order chi connectivity index (χ0) is 24.9. The summed E-state index contributed by atoms with van der Waals surface area (Å²) in [6.07, 6.45) is 2.69. The van der Waals surface area contributed by atoms with Crippen LogP contribution in [-0.2, 0) is 9.53 Å². The molecule has 0 saturated carbocycles. The molecule has 3 N–H and O–H groups in total. The molecule has 2 aromatic rings. The minimum Gasteiger partial charge on any atom is -0.448 e. The van der Waals surface area contributed by atoms with Crippen molar-refractivity contribution in [3.63, 3.8) is 0 Å². The van der Waals surface area contributed by atoms with Crippen LogP contribution in [0.5, 0.6) is 0 Å². The quantitative estimate of drug-likeness (QED) is 0.612. The summed E-state index contributed by atoms with van der Waals surface area (Å²) in [7, 11) is 0. The molecule has 0 bridgehead atoms. The maximum absolute atomic E-state index is 13.2. The van der Waals surface area contributed by atoms with E-state index >= 15 is 0 Å². The normalized spacial score (nSPS) is 19.9. The predicted octanol–water partition coefficient (Wildman–Crippen LogP) is 2.01. The number of aromatic nitrogens is 2. The monoisotopic (exact) mass is 483 g/mol. The van der Waals surface area contributed by atoms with E-state index in [2.05, 4.69) is 16.5 Å². The van der Waals surface area contributed by atoms with Crippen molar-refractivity contribution in [1.82, 2.24) is 19.6 Å². The molecule has 3 heterocycles. The molecule has 0 radical (unpaired) electrons. The number of hydrogen-bond acceptors (Lipinski definition) is 7. The Morgan fingerprint density at radius 2 is 2.06 bits per heavy atom. The lowest BCUT2D eigenvalue weighted by Crippen LogP contribution is -2.45. The van der Waals surface area contributed by atoms with Gasteiger partial charge in [0, 0.05) is 37.9 Å². The largest absolute Gasteiger partial charge is 0.448 e. The molecule has 0 spiro atoms. The Bertz CT molecular complexity index is 1140. The number of nitrogens with two attached hydrogens (primary N) is 1. The summed E-state index contributed by atoms with van der Waals surface area (Å²) in [5, 5.41) is 17.1. The summed E-state index contributed by atoms with van der Waals surface area (Å²) < 4.78 is 20.0. The number of nitrogens with zero attached hydrogens (tertiary/aromatic N) is 5. The van der Waals surface area contributed by atoms with E-state index in [1.54, 1.807) is 4.90 Å². The van der Waals surface area contributed by atoms with Crippen LogP contribution in [0.3, 0.4) is 0 Å². The highest BCUT2D eigenvalue weighted by atomic mass is 19.1. The van der Waals surface area contributed by atoms with Gasteiger partial charge in [-0.1, -0.05) is 0 Å². The minimum atomic E-state index is -0.702. The summed E-state index contributed by atoms with van der Waals surface area (Å²) in [4.78, 5) is 39.3. The van der Waals surface area contributed by atoms with E-state index in [0.29, 0.717) is 38.2 Å². The van der Waals surface area contributed by atoms with Crippen molar-refractivity contribution in [2.75, 3.05) is 38.1 Å². The number of carbonyl (C=O) groups is 3. The van der Waals surface area contributed by atoms with Gasteiger partial charge >= 0.3 is 6.09 Å². The van der Waals surface area contributed by atoms with Crippen LogP contribution in [0.4, 0.5) is 20.7 Å². The van der Waals surface area contributed by atoms with Crippen LogP contribution in [-0.4, -0.2) is 70.3 Å². The van der Waals surface area contributed by atoms with E-state index in [0.717, 1.165) is 6.42 Å². The van der Waals surface area contributed by atoms with Crippen LogP contribution < -0.4 is 11.1 Å². The van der Waals surface area contributed by atoms with Crippen LogP contribution in [0.1, 0.15) is 35.7 Å². The molecule has 0 unspecified atom stereocenters. The summed E-state index contributed by atoms with van der Waals surface area (Å²) in [5.41, 5.74) is 6.16. The Balaban J connectivity index is 1.40. The van der Waals surface area contributed by atoms with Gasteiger partial charge in [-0.05, 0) is 37.1 Å². The predicted molar refractivity (Wildman–Crippen MR) is 122 cm³/mol. The zero-order valence-electron chi connectivity index (χ0n) is 19.0. The zero-order valence-corrected chi connectivity index (χ0v) is 19.0. The average molecular weight is 484 g/mol. The first-order valence-electron chi connectivity index (χ1n) is 11.4. The molecule has 11 nitrogen and oxygen atoms in total. The van der Waals surface area contributed by atoms with Crippen LogP contribution in [0.25, 0.3) is 0 Å². The first-order chi connectivity index (χ1) is 16.9. The van der Waals surface area contributed by atoms with Crippen LogP contribution >= 0.6 is 0 Å². The fraction of sp³-hybridized carbons (Fsp3) is 0.435. The van der Waals surface area contributed by atoms with Crippen LogP contribution in [0.2, 0.25) is 0 Å². The molecular weight excluding hydrogens is 457 g/mol. The highest BCUT2D eigenvalue weighted by Gasteiger charge is 2.35. The first kappa shape index (κ1) is 24.0. The van der Waals surface area contributed by atoms with E-state index in [9.17, 15) is 24.0 Å². The minimum absolute atomic E-state index is 0.0641. The van der Waals surface area contributed by atoms with Crippen molar-refractivity contribution in [1.29, 1.82) is 5.26 Å². The molecule has 4 rings (SSSR count). The van der Waals surface area contributed by atoms with E-state index < -0.39 is 29.8 Å². The maximum Gasteiger partial charge on any atom is 0.409 e. The highest BCUT2D eigenvalue weighted by Crippen LogP contribution is 2.30. The molecule has 3 amide bonds. The first-order valence-corrected chi connectivity index (χ1v) is 11.4. The molecule has 2 aliphatic rings. The molecule has 2 atom stereocenters. The number of amides is 3. The van der Waals surface area contributed by atoms with Crippen molar-refractivity contribution in [3.05, 3.63) is 41.8 Å². The van der Waals surface area contributed by atoms with Crippen molar-refractivity contribution in [2.24, 2.45) is 11.7 Å². The summed E-state index contributed by atoms with van der Waals surface area (Å²) >= 11 is 0. The average Bonchev–Trinajstić information content (AvgIpc) is 3.46. The molecule has 2 fully saturated rings. The second kappa shape index (κ2) is 10.4. The lowest BCUT2D eigenvalue weighted by Gasteiger charge is -2.34. The van der Waals surface area contributed by atoms with Crippen molar-refractivity contribution < 1.29 is 23.5 Å². The number of anilines is 2. The van der Waals surface area contributed by atoms with Gasteiger partial charge in [-0.3, -0.25) is 14.3 Å². The van der Waals surface area contributed by atoms with Gasteiger partial charge in [0.15, 0.2) is 5.82 Å². The van der Waals surface area contributed by atoms with E-state index in [4.69, 9.17) is 10.5 Å². The molecule has 2 saturated heterocycles. The van der Waals surface area contributed by atoms with Gasteiger partial charge in [-0.2, -0.15) is 10.4 Å². The highest BCUT2D eigenvalue weighted by molar-refractivity contribution is 5.98. The number of benzene rings is 1. The molecular formula is C23H26FN7O4. The Kier molecular flexibility index (Phi) is 7.14. The van der Waals surface area contributed by atoms with Gasteiger partial charge in [-0.15, -0.1) is 0 Å². The number of halogens is 1. The maximum atomic E-state index is 13.2. The van der Waals surface area contributed by atoms with Crippen molar-refractivity contribution in [2.45, 2.75) is 25.3 Å². The molecule has 12 heteroatoms. The lowest BCUT2D eigenvalue weighted by atomic mass is 9.94. The Morgan fingerprint density at radius 1 is 1.29 bits per heavy atom. The molecule has 1 aromatic heterocycles. The Morgan fingerprint density at radius 3 is 2.71 bits per heavy atom. The van der Waals surface area contributed by atoms with E-state index in [1.165, 1.54) is 40.0 Å². The van der Waals surface area contributed by atoms with Gasteiger partial charge in [0.2, 0.25) is 5.91 Å². The Labute approximate surface area is 201 Å². The smallest absolute Gasteiger partial charge is 0.409 e. The van der Waals surface area contributed by atoms with E-state index in [1.807, 2.05) is 0 Å². The van der Waals surface area contributed by atoms with Gasteiger partial charge in [-0.25, -0.2) is 9.18 Å². The third kappa shape index (κ3) is 5.51. The number of ether oxygens (including phenoxy) is 1. The fourth-order valence-corrected chi connectivity index (χ4v) is 4.33. The number of likely N-dealkylation sites (tertiary alicyclic amines) is 2. The van der Waals surface area contributed by atoms with Crippen molar-refractivity contribution in [3.8, 4) is 6.07 Å². The van der Waals surface area contributed by atoms with Crippen LogP contribution in [0.15, 0.2) is 30.5 Å². The third-order valence-corrected chi connectivity index (χ3v) is 6.20. The fourth-order valence-electron chi connectivity index (χ4n) is 4.33. The van der Waals surface area contributed by atoms with Gasteiger partial charge < -0.3 is 25.6 Å². The summed E-state index contributed by atoms with van der Waals surface area (Å²) in [6.45, 7) is 1.59. The number of nitriles is 1.